The van der Waals surface area contributed by atoms with Crippen LogP contribution in [0.4, 0.5) is 0 Å². The minimum absolute atomic E-state index is 0.232. The fourth-order valence-electron chi connectivity index (χ4n) is 0.0623. The molecule has 4 heteroatoms. The van der Waals surface area contributed by atoms with Gasteiger partial charge in [-0.3, -0.25) is 4.52 Å². The van der Waals surface area contributed by atoms with Crippen LogP contribution in [0.25, 0.3) is 0 Å². The average molecular weight is 124 g/mol. The Morgan fingerprint density at radius 3 is 2.50 bits per heavy atom. The first kappa shape index (κ1) is 6.41. The molecule has 0 aliphatic heterocycles. The molecule has 6 heavy (non-hydrogen) atoms. The molecular weight excluding hydrogens is 119 g/mol. The molecule has 0 aromatic rings. The third kappa shape index (κ3) is 4.41. The van der Waals surface area contributed by atoms with Crippen molar-refractivity contribution >= 4 is 21.3 Å². The van der Waals surface area contributed by atoms with E-state index >= 15 is 0 Å². The Labute approximate surface area is 43.6 Å². The predicted molar refractivity (Wildman–Crippen MR) is 27.1 cm³/mol. The summed E-state index contributed by atoms with van der Waals surface area (Å²) in [5.41, 5.74) is -0.232. The van der Waals surface area contributed by atoms with Gasteiger partial charge in [0.1, 0.15) is 5.44 Å². The summed E-state index contributed by atoms with van der Waals surface area (Å²) in [6.45, 7) is 1.69. The maximum Gasteiger partial charge on any atom is 0.328 e. The van der Waals surface area contributed by atoms with E-state index in [0.717, 1.165) is 0 Å². The van der Waals surface area contributed by atoms with Crippen molar-refractivity contribution < 1.29 is 9.09 Å². The molecule has 2 nitrogen and oxygen atoms in total. The molecule has 0 fully saturated rings. The highest BCUT2D eigenvalue weighted by Crippen LogP contribution is 2.03. The van der Waals surface area contributed by atoms with Crippen LogP contribution in [0.2, 0.25) is 0 Å². The van der Waals surface area contributed by atoms with Gasteiger partial charge in [0.15, 0.2) is 0 Å². The Hall–Kier alpha value is 0.410. The first-order chi connectivity index (χ1) is 2.77. The van der Waals surface area contributed by atoms with Gasteiger partial charge in [-0.15, -0.1) is 12.6 Å². The monoisotopic (exact) mass is 124 g/mol. The number of thiol groups is 1. The lowest BCUT2D eigenvalue weighted by atomic mass is 10.9. The van der Waals surface area contributed by atoms with Gasteiger partial charge >= 0.3 is 8.69 Å². The summed E-state index contributed by atoms with van der Waals surface area (Å²) in [4.78, 5) is 0. The van der Waals surface area contributed by atoms with E-state index in [4.69, 9.17) is 0 Å². The van der Waals surface area contributed by atoms with Crippen molar-refractivity contribution in [2.75, 3.05) is 0 Å². The van der Waals surface area contributed by atoms with Crippen LogP contribution in [-0.2, 0) is 9.09 Å². The van der Waals surface area contributed by atoms with Crippen LogP contribution in [0, 0.1) is 0 Å². The molecular formula is C2H5O2PS. The highest BCUT2D eigenvalue weighted by Gasteiger charge is 1.87. The van der Waals surface area contributed by atoms with Gasteiger partial charge in [0.2, 0.25) is 0 Å². The van der Waals surface area contributed by atoms with Gasteiger partial charge in [-0.25, -0.2) is 4.57 Å². The molecule has 0 bridgehead atoms. The molecule has 0 heterocycles. The molecule has 1 unspecified atom stereocenters. The smallest absolute Gasteiger partial charge is 0.281 e. The molecule has 0 aliphatic rings. The van der Waals surface area contributed by atoms with E-state index in [9.17, 15) is 4.57 Å². The van der Waals surface area contributed by atoms with Crippen molar-refractivity contribution in [1.82, 2.24) is 0 Å². The summed E-state index contributed by atoms with van der Waals surface area (Å²) >= 11 is 3.75. The molecule has 0 rings (SSSR count). The van der Waals surface area contributed by atoms with Gasteiger partial charge in [-0.1, -0.05) is 0 Å². The van der Waals surface area contributed by atoms with Gasteiger partial charge in [0.05, 0.1) is 0 Å². The molecule has 0 spiro atoms. The van der Waals surface area contributed by atoms with Crippen LogP contribution in [0.15, 0.2) is 0 Å². The van der Waals surface area contributed by atoms with E-state index < -0.39 is 0 Å². The molecule has 0 aliphatic carbocycles. The first-order valence-corrected chi connectivity index (χ1v) is 2.68. The standard InChI is InChI=1S/C2H5O2PS/c1-2(6)4-5-3/h2,6H,1H3. The topological polar surface area (TPSA) is 26.3 Å². The lowest BCUT2D eigenvalue weighted by Crippen LogP contribution is -1.84. The molecule has 0 saturated heterocycles. The molecule has 36 valence electrons. The second kappa shape index (κ2) is 3.59. The maximum absolute atomic E-state index is 9.44. The maximum atomic E-state index is 9.44. The van der Waals surface area contributed by atoms with Crippen molar-refractivity contribution in [2.45, 2.75) is 12.4 Å². The van der Waals surface area contributed by atoms with Crippen molar-refractivity contribution in [3.63, 3.8) is 0 Å². The van der Waals surface area contributed by atoms with Crippen molar-refractivity contribution in [2.24, 2.45) is 0 Å². The Bertz CT molecular complexity index is 46.8. The SMILES string of the molecule is CC(S)OP=O. The largest absolute Gasteiger partial charge is 0.328 e. The summed E-state index contributed by atoms with van der Waals surface area (Å²) in [7, 11) is -0.302. The number of rotatable bonds is 2. The average Bonchev–Trinajstić information content (AvgIpc) is 1.35. The van der Waals surface area contributed by atoms with Gasteiger partial charge in [0, 0.05) is 0 Å². The lowest BCUT2D eigenvalue weighted by Gasteiger charge is -1.90. The van der Waals surface area contributed by atoms with E-state index in [2.05, 4.69) is 17.2 Å². The minimum atomic E-state index is -0.302. The van der Waals surface area contributed by atoms with Crippen molar-refractivity contribution in [3.8, 4) is 0 Å². The van der Waals surface area contributed by atoms with E-state index in [0.29, 0.717) is 0 Å². The van der Waals surface area contributed by atoms with Crippen LogP contribution in [0.5, 0.6) is 0 Å². The second-order valence-electron chi connectivity index (χ2n) is 0.779. The van der Waals surface area contributed by atoms with E-state index in [-0.39, 0.29) is 14.1 Å². The molecule has 0 N–H and O–H groups in total. The lowest BCUT2D eigenvalue weighted by molar-refractivity contribution is 0.336. The van der Waals surface area contributed by atoms with Crippen molar-refractivity contribution in [3.05, 3.63) is 0 Å². The molecule has 0 aromatic carbocycles. The predicted octanol–water partition coefficient (Wildman–Crippen LogP) is 1.49. The Kier molecular flexibility index (Phi) is 3.84. The van der Waals surface area contributed by atoms with Gasteiger partial charge in [0.25, 0.3) is 0 Å². The summed E-state index contributed by atoms with van der Waals surface area (Å²) in [6, 6.07) is 0. The van der Waals surface area contributed by atoms with Gasteiger partial charge in [-0.05, 0) is 6.92 Å². The zero-order valence-corrected chi connectivity index (χ0v) is 5.08. The Morgan fingerprint density at radius 2 is 2.50 bits per heavy atom. The van der Waals surface area contributed by atoms with Crippen molar-refractivity contribution in [1.29, 1.82) is 0 Å². The molecule has 0 amide bonds. The number of hydrogen-bond acceptors (Lipinski definition) is 3. The Morgan fingerprint density at radius 1 is 2.00 bits per heavy atom. The van der Waals surface area contributed by atoms with Gasteiger partial charge < -0.3 is 0 Å². The van der Waals surface area contributed by atoms with Crippen LogP contribution in [0.1, 0.15) is 6.92 Å². The zero-order chi connectivity index (χ0) is 4.99. The first-order valence-electron chi connectivity index (χ1n) is 1.44. The highest BCUT2D eigenvalue weighted by molar-refractivity contribution is 7.80. The van der Waals surface area contributed by atoms with Crippen LogP contribution >= 0.6 is 21.3 Å². The van der Waals surface area contributed by atoms with Crippen LogP contribution < -0.4 is 0 Å². The molecule has 0 aromatic heterocycles. The summed E-state index contributed by atoms with van der Waals surface area (Å²) in [6.07, 6.45) is 0. The van der Waals surface area contributed by atoms with E-state index in [1.54, 1.807) is 6.92 Å². The fraction of sp³-hybridized carbons (Fsp3) is 1.00. The number of hydrogen-bond donors (Lipinski definition) is 1. The molecule has 0 saturated carbocycles. The highest BCUT2D eigenvalue weighted by atomic mass is 32.1. The third-order valence-corrected chi connectivity index (χ3v) is 0.870. The fourth-order valence-corrected chi connectivity index (χ4v) is 0.302. The van der Waals surface area contributed by atoms with E-state index in [1.165, 1.54) is 0 Å². The van der Waals surface area contributed by atoms with E-state index in [1.807, 2.05) is 0 Å². The van der Waals surface area contributed by atoms with Crippen LogP contribution in [0.3, 0.4) is 0 Å². The zero-order valence-electron chi connectivity index (χ0n) is 3.29. The quantitative estimate of drug-likeness (QED) is 0.343. The van der Waals surface area contributed by atoms with Gasteiger partial charge in [-0.2, -0.15) is 0 Å². The molecule has 1 atom stereocenters. The summed E-state index contributed by atoms with van der Waals surface area (Å²) < 4.78 is 13.8. The van der Waals surface area contributed by atoms with Crippen LogP contribution in [-0.4, -0.2) is 5.44 Å². The second-order valence-corrected chi connectivity index (χ2v) is 1.87. The molecule has 0 radical (unpaired) electrons. The normalized spacial score (nSPS) is 15.0. The minimum Gasteiger partial charge on any atom is -0.281 e. The summed E-state index contributed by atoms with van der Waals surface area (Å²) in [5.74, 6) is 0. The third-order valence-electron chi connectivity index (χ3n) is 0.196. The summed E-state index contributed by atoms with van der Waals surface area (Å²) in [5, 5.41) is 0. The Balaban J connectivity index is 2.81.